The molecule has 1 heterocycles. The molecule has 0 atom stereocenters. The van der Waals surface area contributed by atoms with E-state index in [2.05, 4.69) is 29.2 Å². The maximum atomic E-state index is 12.6. The number of likely N-dealkylation sites (N-methyl/N-ethyl adjacent to an activating group) is 1. The summed E-state index contributed by atoms with van der Waals surface area (Å²) in [4.78, 5) is 14.9. The second-order valence-electron chi connectivity index (χ2n) is 7.93. The van der Waals surface area contributed by atoms with E-state index in [1.165, 1.54) is 0 Å². The fourth-order valence-electron chi connectivity index (χ4n) is 3.69. The van der Waals surface area contributed by atoms with Gasteiger partial charge in [0.15, 0.2) is 11.5 Å². The van der Waals surface area contributed by atoms with Crippen molar-refractivity contribution in [2.75, 3.05) is 33.4 Å². The molecule has 0 bridgehead atoms. The predicted molar refractivity (Wildman–Crippen MR) is 130 cm³/mol. The van der Waals surface area contributed by atoms with Gasteiger partial charge in [0.25, 0.3) is 5.91 Å². The van der Waals surface area contributed by atoms with Gasteiger partial charge in [0.2, 0.25) is 0 Å². The van der Waals surface area contributed by atoms with Crippen LogP contribution in [0.4, 0.5) is 0 Å². The van der Waals surface area contributed by atoms with E-state index < -0.39 is 0 Å². The highest BCUT2D eigenvalue weighted by Crippen LogP contribution is 2.28. The Morgan fingerprint density at radius 2 is 1.76 bits per heavy atom. The Kier molecular flexibility index (Phi) is 8.49. The van der Waals surface area contributed by atoms with E-state index in [4.69, 9.17) is 9.47 Å². The lowest BCUT2D eigenvalue weighted by Crippen LogP contribution is -2.28. The quantitative estimate of drug-likeness (QED) is 0.475. The van der Waals surface area contributed by atoms with Crippen molar-refractivity contribution >= 4 is 5.91 Å². The van der Waals surface area contributed by atoms with E-state index in [-0.39, 0.29) is 5.91 Å². The first-order chi connectivity index (χ1) is 15.9. The van der Waals surface area contributed by atoms with Crippen LogP contribution in [-0.4, -0.2) is 53.9 Å². The number of rotatable bonds is 11. The van der Waals surface area contributed by atoms with Crippen molar-refractivity contribution in [2.45, 2.75) is 34.2 Å². The molecule has 7 heteroatoms. The summed E-state index contributed by atoms with van der Waals surface area (Å²) >= 11 is 0. The predicted octanol–water partition coefficient (Wildman–Crippen LogP) is 4.15. The second kappa shape index (κ2) is 11.5. The van der Waals surface area contributed by atoms with Gasteiger partial charge in [-0.15, -0.1) is 0 Å². The molecule has 0 saturated heterocycles. The Hall–Kier alpha value is -3.32. The molecule has 0 fully saturated rings. The van der Waals surface area contributed by atoms with Gasteiger partial charge in [-0.25, -0.2) is 4.68 Å². The molecule has 0 spiro atoms. The van der Waals surface area contributed by atoms with Gasteiger partial charge in [-0.1, -0.05) is 19.9 Å². The third kappa shape index (κ3) is 6.35. The minimum Gasteiger partial charge on any atom is -0.493 e. The van der Waals surface area contributed by atoms with Crippen LogP contribution in [0.1, 0.15) is 41.2 Å². The molecule has 0 radical (unpaired) electrons. The molecule has 176 valence electrons. The molecule has 0 unspecified atom stereocenters. The first kappa shape index (κ1) is 24.3. The van der Waals surface area contributed by atoms with Gasteiger partial charge >= 0.3 is 0 Å². The van der Waals surface area contributed by atoms with Crippen LogP contribution in [0, 0.1) is 13.8 Å². The number of benzene rings is 2. The zero-order chi connectivity index (χ0) is 23.8. The smallest absolute Gasteiger partial charge is 0.251 e. The fraction of sp³-hybridized carbons (Fsp3) is 0.385. The second-order valence-corrected chi connectivity index (χ2v) is 7.93. The number of amides is 1. The monoisotopic (exact) mass is 450 g/mol. The van der Waals surface area contributed by atoms with Gasteiger partial charge < -0.3 is 19.7 Å². The van der Waals surface area contributed by atoms with Crippen molar-refractivity contribution in [1.29, 1.82) is 0 Å². The summed E-state index contributed by atoms with van der Waals surface area (Å²) in [6.07, 6.45) is 0. The number of hydrogen-bond donors (Lipinski definition) is 1. The van der Waals surface area contributed by atoms with Crippen LogP contribution in [0.25, 0.3) is 5.69 Å². The Morgan fingerprint density at radius 1 is 1.03 bits per heavy atom. The van der Waals surface area contributed by atoms with E-state index in [0.717, 1.165) is 42.3 Å². The average molecular weight is 451 g/mol. The van der Waals surface area contributed by atoms with Crippen LogP contribution >= 0.6 is 0 Å². The highest BCUT2D eigenvalue weighted by atomic mass is 16.5. The molecule has 0 saturated carbocycles. The number of ether oxygens (including phenoxy) is 2. The minimum absolute atomic E-state index is 0.131. The molecule has 0 aliphatic heterocycles. The molecule has 0 aliphatic rings. The number of aryl methyl sites for hydroxylation is 2. The summed E-state index contributed by atoms with van der Waals surface area (Å²) in [5.41, 5.74) is 4.49. The Balaban J connectivity index is 1.57. The molecule has 33 heavy (non-hydrogen) atoms. The average Bonchev–Trinajstić information content (AvgIpc) is 3.18. The molecular formula is C26H34N4O3. The summed E-state index contributed by atoms with van der Waals surface area (Å²) in [6.45, 7) is 12.1. The number of hydrogen-bond acceptors (Lipinski definition) is 5. The highest BCUT2D eigenvalue weighted by Gasteiger charge is 2.10. The first-order valence-corrected chi connectivity index (χ1v) is 11.4. The molecule has 1 aromatic heterocycles. The third-order valence-electron chi connectivity index (χ3n) is 5.62. The third-order valence-corrected chi connectivity index (χ3v) is 5.62. The van der Waals surface area contributed by atoms with Crippen molar-refractivity contribution in [3.05, 3.63) is 71.0 Å². The summed E-state index contributed by atoms with van der Waals surface area (Å²) in [7, 11) is 1.62. The van der Waals surface area contributed by atoms with Crippen molar-refractivity contribution in [1.82, 2.24) is 20.0 Å². The maximum Gasteiger partial charge on any atom is 0.251 e. The zero-order valence-corrected chi connectivity index (χ0v) is 20.2. The van der Waals surface area contributed by atoms with Crippen molar-refractivity contribution in [3.8, 4) is 17.2 Å². The van der Waals surface area contributed by atoms with Crippen molar-refractivity contribution in [2.24, 2.45) is 0 Å². The van der Waals surface area contributed by atoms with Gasteiger partial charge in [0, 0.05) is 24.3 Å². The molecule has 0 aliphatic carbocycles. The number of nitrogens with one attached hydrogen (secondary N) is 1. The lowest BCUT2D eigenvalue weighted by Gasteiger charge is -2.19. The number of carbonyl (C=O) groups is 1. The van der Waals surface area contributed by atoms with Crippen LogP contribution in [0.2, 0.25) is 0 Å². The molecular weight excluding hydrogens is 416 g/mol. The maximum absolute atomic E-state index is 12.6. The van der Waals surface area contributed by atoms with Gasteiger partial charge in [0.05, 0.1) is 18.5 Å². The summed E-state index contributed by atoms with van der Waals surface area (Å²) < 4.78 is 13.3. The molecule has 1 amide bonds. The minimum atomic E-state index is -0.131. The molecule has 2 aromatic carbocycles. The van der Waals surface area contributed by atoms with Crippen LogP contribution in [0.5, 0.6) is 11.5 Å². The lowest BCUT2D eigenvalue weighted by atomic mass is 10.1. The van der Waals surface area contributed by atoms with E-state index in [1.54, 1.807) is 7.11 Å². The van der Waals surface area contributed by atoms with Crippen molar-refractivity contribution < 1.29 is 14.3 Å². The molecule has 1 N–H and O–H groups in total. The lowest BCUT2D eigenvalue weighted by molar-refractivity contribution is 0.0951. The largest absolute Gasteiger partial charge is 0.493 e. The van der Waals surface area contributed by atoms with Crippen LogP contribution < -0.4 is 14.8 Å². The number of nitrogens with zero attached hydrogens (tertiary/aromatic N) is 3. The van der Waals surface area contributed by atoms with Crippen LogP contribution in [-0.2, 0) is 6.54 Å². The van der Waals surface area contributed by atoms with E-state index in [1.807, 2.05) is 67.1 Å². The molecule has 7 nitrogen and oxygen atoms in total. The number of carbonyl (C=O) groups excluding carboxylic acids is 1. The highest BCUT2D eigenvalue weighted by molar-refractivity contribution is 5.94. The zero-order valence-electron chi connectivity index (χ0n) is 20.2. The summed E-state index contributed by atoms with van der Waals surface area (Å²) in [6, 6.07) is 15.2. The van der Waals surface area contributed by atoms with E-state index >= 15 is 0 Å². The van der Waals surface area contributed by atoms with Crippen LogP contribution in [0.15, 0.2) is 48.5 Å². The first-order valence-electron chi connectivity index (χ1n) is 11.4. The summed E-state index contributed by atoms with van der Waals surface area (Å²) in [5.74, 6) is 1.24. The Bertz CT molecular complexity index is 1060. The Labute approximate surface area is 196 Å². The standard InChI is InChI=1S/C26H34N4O3/c1-6-29(7-2)14-15-33-24-13-8-21(17-25(24)32-5)18-27-26(31)22-9-11-23(12-10-22)30-20(4)16-19(3)28-30/h8-13,16-17H,6-7,14-15,18H2,1-5H3,(H,27,31). The SMILES string of the molecule is CCN(CC)CCOc1ccc(CNC(=O)c2ccc(-n3nc(C)cc3C)cc2)cc1OC. The van der Waals surface area contributed by atoms with Crippen LogP contribution in [0.3, 0.4) is 0 Å². The van der Waals surface area contributed by atoms with Gasteiger partial charge in [-0.05, 0) is 75.0 Å². The number of aromatic nitrogens is 2. The number of methoxy groups -OCH3 is 1. The van der Waals surface area contributed by atoms with Gasteiger partial charge in [0.1, 0.15) is 6.61 Å². The summed E-state index contributed by atoms with van der Waals surface area (Å²) in [5, 5.41) is 7.45. The van der Waals surface area contributed by atoms with Gasteiger partial charge in [-0.2, -0.15) is 5.10 Å². The normalized spacial score (nSPS) is 11.0. The van der Waals surface area contributed by atoms with Gasteiger partial charge in [-0.3, -0.25) is 4.79 Å². The molecule has 3 rings (SSSR count). The van der Waals surface area contributed by atoms with E-state index in [9.17, 15) is 4.79 Å². The fourth-order valence-corrected chi connectivity index (χ4v) is 3.69. The van der Waals surface area contributed by atoms with E-state index in [0.29, 0.717) is 30.2 Å². The van der Waals surface area contributed by atoms with Crippen molar-refractivity contribution in [3.63, 3.8) is 0 Å². The Morgan fingerprint density at radius 3 is 2.36 bits per heavy atom. The topological polar surface area (TPSA) is 68.6 Å². The molecule has 3 aromatic rings.